The average Bonchev–Trinajstić information content (AvgIpc) is 3.20. The largest absolute Gasteiger partial charge is 0.366 e. The van der Waals surface area contributed by atoms with Crippen LogP contribution in [0.4, 0.5) is 5.82 Å². The molecular weight excluding hydrogens is 228 g/mol. The predicted octanol–water partition coefficient (Wildman–Crippen LogP) is 0.933. The van der Waals surface area contributed by atoms with Gasteiger partial charge >= 0.3 is 0 Å². The fourth-order valence-electron chi connectivity index (χ4n) is 1.92. The van der Waals surface area contributed by atoms with Crippen LogP contribution in [-0.2, 0) is 0 Å². The molecule has 5 nitrogen and oxygen atoms in total. The van der Waals surface area contributed by atoms with E-state index in [0.717, 1.165) is 5.82 Å². The van der Waals surface area contributed by atoms with Crippen molar-refractivity contribution in [3.05, 3.63) is 23.9 Å². The Morgan fingerprint density at radius 1 is 1.56 bits per heavy atom. The fourth-order valence-corrected chi connectivity index (χ4v) is 1.92. The Hall–Kier alpha value is -1.62. The Bertz CT molecular complexity index is 412. The number of nitrogens with one attached hydrogen (secondary N) is 1. The van der Waals surface area contributed by atoms with E-state index in [1.54, 1.807) is 26.4 Å². The molecule has 1 aliphatic rings. The van der Waals surface area contributed by atoms with Gasteiger partial charge in [0.15, 0.2) is 0 Å². The quantitative estimate of drug-likeness (QED) is 0.813. The van der Waals surface area contributed by atoms with E-state index in [9.17, 15) is 4.79 Å². The van der Waals surface area contributed by atoms with Gasteiger partial charge in [0.1, 0.15) is 5.82 Å². The summed E-state index contributed by atoms with van der Waals surface area (Å²) in [5, 5.41) is 3.32. The maximum Gasteiger partial charge on any atom is 0.254 e. The molecule has 3 N–H and O–H groups in total. The number of nitrogens with two attached hydrogens (primary N) is 1. The van der Waals surface area contributed by atoms with E-state index in [-0.39, 0.29) is 5.91 Å². The van der Waals surface area contributed by atoms with Crippen LogP contribution in [0, 0.1) is 5.92 Å². The van der Waals surface area contributed by atoms with Crippen molar-refractivity contribution in [3.8, 4) is 0 Å². The molecule has 98 valence electrons. The molecule has 0 radical (unpaired) electrons. The molecule has 1 atom stereocenters. The standard InChI is InChI=1S/C13H20N4O/c1-17(2)13(18)10-5-6-12(15-8-10)16-11(7-14)9-3-4-9/h5-6,8-9,11H,3-4,7,14H2,1-2H3,(H,15,16). The first-order chi connectivity index (χ1) is 8.61. The molecule has 1 unspecified atom stereocenters. The van der Waals surface area contributed by atoms with Crippen LogP contribution in [0.2, 0.25) is 0 Å². The first-order valence-electron chi connectivity index (χ1n) is 6.26. The third kappa shape index (κ3) is 2.98. The van der Waals surface area contributed by atoms with Crippen LogP contribution in [0.25, 0.3) is 0 Å². The monoisotopic (exact) mass is 248 g/mol. The van der Waals surface area contributed by atoms with E-state index in [0.29, 0.717) is 24.1 Å². The van der Waals surface area contributed by atoms with Gasteiger partial charge < -0.3 is 16.0 Å². The molecule has 2 rings (SSSR count). The van der Waals surface area contributed by atoms with Crippen molar-refractivity contribution in [2.45, 2.75) is 18.9 Å². The van der Waals surface area contributed by atoms with Crippen molar-refractivity contribution >= 4 is 11.7 Å². The summed E-state index contributed by atoms with van der Waals surface area (Å²) in [5.41, 5.74) is 6.33. The second-order valence-electron chi connectivity index (χ2n) is 4.96. The number of carbonyl (C=O) groups excluding carboxylic acids is 1. The lowest BCUT2D eigenvalue weighted by Crippen LogP contribution is -2.31. The molecule has 1 heterocycles. The van der Waals surface area contributed by atoms with Crippen molar-refractivity contribution in [3.63, 3.8) is 0 Å². The Morgan fingerprint density at radius 3 is 2.72 bits per heavy atom. The van der Waals surface area contributed by atoms with E-state index in [1.807, 2.05) is 6.07 Å². The number of hydrogen-bond donors (Lipinski definition) is 2. The SMILES string of the molecule is CN(C)C(=O)c1ccc(NC(CN)C2CC2)nc1. The van der Waals surface area contributed by atoms with Crippen LogP contribution >= 0.6 is 0 Å². The molecule has 1 aromatic rings. The van der Waals surface area contributed by atoms with E-state index in [2.05, 4.69) is 10.3 Å². The molecule has 0 aliphatic heterocycles. The van der Waals surface area contributed by atoms with Gasteiger partial charge in [-0.2, -0.15) is 0 Å². The third-order valence-electron chi connectivity index (χ3n) is 3.19. The van der Waals surface area contributed by atoms with E-state index in [1.165, 1.54) is 17.7 Å². The minimum atomic E-state index is -0.0355. The van der Waals surface area contributed by atoms with Crippen molar-refractivity contribution in [1.29, 1.82) is 0 Å². The Kier molecular flexibility index (Phi) is 3.81. The molecule has 0 saturated heterocycles. The molecule has 0 bridgehead atoms. The lowest BCUT2D eigenvalue weighted by molar-refractivity contribution is 0.0827. The van der Waals surface area contributed by atoms with Crippen LogP contribution in [0.15, 0.2) is 18.3 Å². The lowest BCUT2D eigenvalue weighted by Gasteiger charge is -2.17. The summed E-state index contributed by atoms with van der Waals surface area (Å²) in [7, 11) is 3.46. The second kappa shape index (κ2) is 5.35. The summed E-state index contributed by atoms with van der Waals surface area (Å²) in [6.45, 7) is 0.616. The van der Waals surface area contributed by atoms with E-state index >= 15 is 0 Å². The Balaban J connectivity index is 2.00. The molecule has 0 aromatic carbocycles. The number of pyridine rings is 1. The zero-order valence-corrected chi connectivity index (χ0v) is 10.9. The number of carbonyl (C=O) groups is 1. The smallest absolute Gasteiger partial charge is 0.254 e. The van der Waals surface area contributed by atoms with Crippen molar-refractivity contribution in [2.75, 3.05) is 26.0 Å². The normalized spacial score (nSPS) is 16.2. The average molecular weight is 248 g/mol. The zero-order valence-electron chi connectivity index (χ0n) is 10.9. The highest BCUT2D eigenvalue weighted by atomic mass is 16.2. The molecule has 1 fully saturated rings. The summed E-state index contributed by atoms with van der Waals surface area (Å²) in [6, 6.07) is 3.92. The molecule has 0 spiro atoms. The van der Waals surface area contributed by atoms with E-state index in [4.69, 9.17) is 5.73 Å². The summed E-state index contributed by atoms with van der Waals surface area (Å²) in [6.07, 6.45) is 4.09. The summed E-state index contributed by atoms with van der Waals surface area (Å²) >= 11 is 0. The molecule has 1 aliphatic carbocycles. The van der Waals surface area contributed by atoms with Crippen LogP contribution in [-0.4, -0.2) is 42.5 Å². The summed E-state index contributed by atoms with van der Waals surface area (Å²) in [4.78, 5) is 17.5. The topological polar surface area (TPSA) is 71.2 Å². The first-order valence-corrected chi connectivity index (χ1v) is 6.26. The molecule has 1 saturated carbocycles. The lowest BCUT2D eigenvalue weighted by atomic mass is 10.2. The predicted molar refractivity (Wildman–Crippen MR) is 71.4 cm³/mol. The van der Waals surface area contributed by atoms with Crippen LogP contribution in [0.5, 0.6) is 0 Å². The zero-order chi connectivity index (χ0) is 13.1. The second-order valence-corrected chi connectivity index (χ2v) is 4.96. The molecule has 1 amide bonds. The highest BCUT2D eigenvalue weighted by Gasteiger charge is 2.30. The van der Waals surface area contributed by atoms with Crippen molar-refractivity contribution < 1.29 is 4.79 Å². The van der Waals surface area contributed by atoms with Gasteiger partial charge in [-0.05, 0) is 30.9 Å². The van der Waals surface area contributed by atoms with Gasteiger partial charge in [-0.1, -0.05) is 0 Å². The third-order valence-corrected chi connectivity index (χ3v) is 3.19. The van der Waals surface area contributed by atoms with Gasteiger partial charge in [0, 0.05) is 32.9 Å². The molecule has 1 aromatic heterocycles. The highest BCUT2D eigenvalue weighted by molar-refractivity contribution is 5.93. The van der Waals surface area contributed by atoms with Gasteiger partial charge in [0.2, 0.25) is 0 Å². The van der Waals surface area contributed by atoms with Gasteiger partial charge in [0.25, 0.3) is 5.91 Å². The van der Waals surface area contributed by atoms with E-state index < -0.39 is 0 Å². The van der Waals surface area contributed by atoms with Crippen molar-refractivity contribution in [1.82, 2.24) is 9.88 Å². The number of nitrogens with zero attached hydrogens (tertiary/aromatic N) is 2. The fraction of sp³-hybridized carbons (Fsp3) is 0.538. The minimum Gasteiger partial charge on any atom is -0.366 e. The number of amides is 1. The summed E-state index contributed by atoms with van der Waals surface area (Å²) in [5.74, 6) is 1.43. The highest BCUT2D eigenvalue weighted by Crippen LogP contribution is 2.33. The van der Waals surface area contributed by atoms with Crippen LogP contribution in [0.1, 0.15) is 23.2 Å². The number of rotatable bonds is 5. The van der Waals surface area contributed by atoms with Gasteiger partial charge in [-0.25, -0.2) is 4.98 Å². The van der Waals surface area contributed by atoms with Gasteiger partial charge in [-0.3, -0.25) is 4.79 Å². The molecular formula is C13H20N4O. The first kappa shape index (κ1) is 12.8. The Labute approximate surface area is 107 Å². The van der Waals surface area contributed by atoms with Crippen LogP contribution < -0.4 is 11.1 Å². The van der Waals surface area contributed by atoms with Gasteiger partial charge in [-0.15, -0.1) is 0 Å². The number of anilines is 1. The summed E-state index contributed by atoms with van der Waals surface area (Å²) < 4.78 is 0. The molecule has 18 heavy (non-hydrogen) atoms. The number of aromatic nitrogens is 1. The van der Waals surface area contributed by atoms with Gasteiger partial charge in [0.05, 0.1) is 5.56 Å². The number of hydrogen-bond acceptors (Lipinski definition) is 4. The maximum absolute atomic E-state index is 11.7. The van der Waals surface area contributed by atoms with Crippen molar-refractivity contribution in [2.24, 2.45) is 11.7 Å². The van der Waals surface area contributed by atoms with Crippen LogP contribution in [0.3, 0.4) is 0 Å². The molecule has 5 heteroatoms. The minimum absolute atomic E-state index is 0.0355. The Morgan fingerprint density at radius 2 is 2.28 bits per heavy atom. The maximum atomic E-state index is 11.7.